The van der Waals surface area contributed by atoms with Gasteiger partial charge in [0, 0.05) is 12.7 Å². The van der Waals surface area contributed by atoms with E-state index < -0.39 is 0 Å². The number of pyridine rings is 1. The molecule has 1 heterocycles. The van der Waals surface area contributed by atoms with E-state index >= 15 is 0 Å². The predicted octanol–water partition coefficient (Wildman–Crippen LogP) is 3.18. The van der Waals surface area contributed by atoms with E-state index in [4.69, 9.17) is 5.26 Å². The first kappa shape index (κ1) is 14.7. The summed E-state index contributed by atoms with van der Waals surface area (Å²) in [5.41, 5.74) is 2.06. The summed E-state index contributed by atoms with van der Waals surface area (Å²) in [6.07, 6.45) is 1.62. The van der Waals surface area contributed by atoms with Crippen LogP contribution in [-0.2, 0) is 0 Å². The van der Waals surface area contributed by atoms with Gasteiger partial charge < -0.3 is 4.90 Å². The average Bonchev–Trinajstić information content (AvgIpc) is 2.56. The summed E-state index contributed by atoms with van der Waals surface area (Å²) in [6.45, 7) is 4.52. The molecule has 0 aliphatic carbocycles. The van der Waals surface area contributed by atoms with Gasteiger partial charge in [-0.2, -0.15) is 5.26 Å². The lowest BCUT2D eigenvalue weighted by molar-refractivity contribution is 0.0696. The highest BCUT2D eigenvalue weighted by Gasteiger charge is 2.21. The molecule has 0 radical (unpaired) electrons. The van der Waals surface area contributed by atoms with Crippen molar-refractivity contribution in [3.63, 3.8) is 0 Å². The molecule has 4 nitrogen and oxygen atoms in total. The van der Waals surface area contributed by atoms with E-state index in [0.29, 0.717) is 17.8 Å². The zero-order valence-electron chi connectivity index (χ0n) is 12.2. The Morgan fingerprint density at radius 1 is 1.29 bits per heavy atom. The monoisotopic (exact) mass is 279 g/mol. The normalized spacial score (nSPS) is 11.5. The van der Waals surface area contributed by atoms with Crippen LogP contribution in [0.1, 0.15) is 41.5 Å². The zero-order chi connectivity index (χ0) is 15.2. The Hall–Kier alpha value is -2.67. The van der Waals surface area contributed by atoms with E-state index in [1.165, 1.54) is 0 Å². The van der Waals surface area contributed by atoms with Crippen molar-refractivity contribution in [2.45, 2.75) is 19.9 Å². The maximum atomic E-state index is 12.5. The molecule has 1 aromatic heterocycles. The van der Waals surface area contributed by atoms with Crippen molar-refractivity contribution in [2.24, 2.45) is 0 Å². The molecule has 2 aromatic rings. The molecule has 0 fully saturated rings. The van der Waals surface area contributed by atoms with Crippen molar-refractivity contribution in [2.75, 3.05) is 6.54 Å². The van der Waals surface area contributed by atoms with Gasteiger partial charge in [0.1, 0.15) is 5.69 Å². The lowest BCUT2D eigenvalue weighted by Gasteiger charge is -2.28. The summed E-state index contributed by atoms with van der Waals surface area (Å²) < 4.78 is 0. The maximum Gasteiger partial charge on any atom is 0.272 e. The van der Waals surface area contributed by atoms with E-state index in [2.05, 4.69) is 11.1 Å². The van der Waals surface area contributed by atoms with E-state index in [1.807, 2.05) is 26.0 Å². The molecule has 0 saturated heterocycles. The molecule has 0 spiro atoms. The van der Waals surface area contributed by atoms with Gasteiger partial charge in [-0.3, -0.25) is 9.78 Å². The first-order valence-corrected chi connectivity index (χ1v) is 6.89. The molecule has 1 atom stereocenters. The number of carbonyl (C=O) groups is 1. The summed E-state index contributed by atoms with van der Waals surface area (Å²) >= 11 is 0. The van der Waals surface area contributed by atoms with Crippen molar-refractivity contribution in [3.8, 4) is 6.07 Å². The SMILES string of the molecule is CCN(C(=O)c1ccccn1)C(C)c1ccc(C#N)cc1. The number of carbonyl (C=O) groups excluding carboxylic acids is 1. The van der Waals surface area contributed by atoms with Crippen LogP contribution >= 0.6 is 0 Å². The van der Waals surface area contributed by atoms with Gasteiger partial charge in [-0.15, -0.1) is 0 Å². The molecule has 0 saturated carbocycles. The largest absolute Gasteiger partial charge is 0.331 e. The number of rotatable bonds is 4. The fraction of sp³-hybridized carbons (Fsp3) is 0.235. The van der Waals surface area contributed by atoms with E-state index in [0.717, 1.165) is 5.56 Å². The minimum Gasteiger partial charge on any atom is -0.331 e. The topological polar surface area (TPSA) is 57.0 Å². The van der Waals surface area contributed by atoms with Gasteiger partial charge in [0.05, 0.1) is 17.7 Å². The average molecular weight is 279 g/mol. The predicted molar refractivity (Wildman–Crippen MR) is 80.5 cm³/mol. The summed E-state index contributed by atoms with van der Waals surface area (Å²) in [7, 11) is 0. The summed E-state index contributed by atoms with van der Waals surface area (Å²) in [5, 5.41) is 8.84. The minimum atomic E-state index is -0.0880. The first-order chi connectivity index (χ1) is 10.2. The molecule has 0 aliphatic rings. The highest BCUT2D eigenvalue weighted by atomic mass is 16.2. The first-order valence-electron chi connectivity index (χ1n) is 6.89. The smallest absolute Gasteiger partial charge is 0.272 e. The van der Waals surface area contributed by atoms with Gasteiger partial charge in [-0.25, -0.2) is 0 Å². The van der Waals surface area contributed by atoms with Crippen molar-refractivity contribution >= 4 is 5.91 Å². The summed E-state index contributed by atoms with van der Waals surface area (Å²) in [6, 6.07) is 14.6. The Kier molecular flexibility index (Phi) is 4.68. The number of nitriles is 1. The Labute approximate surface area is 124 Å². The van der Waals surface area contributed by atoms with Crippen LogP contribution in [0, 0.1) is 11.3 Å². The number of hydrogen-bond acceptors (Lipinski definition) is 3. The number of nitrogens with zero attached hydrogens (tertiary/aromatic N) is 3. The molecule has 4 heteroatoms. The number of benzene rings is 1. The van der Waals surface area contributed by atoms with Crippen LogP contribution in [-0.4, -0.2) is 22.3 Å². The van der Waals surface area contributed by atoms with E-state index in [9.17, 15) is 4.79 Å². The molecular weight excluding hydrogens is 262 g/mol. The molecule has 21 heavy (non-hydrogen) atoms. The molecule has 1 aromatic carbocycles. The summed E-state index contributed by atoms with van der Waals surface area (Å²) in [5.74, 6) is -0.0880. The molecule has 0 N–H and O–H groups in total. The Bertz CT molecular complexity index is 644. The minimum absolute atomic E-state index is 0.0720. The highest BCUT2D eigenvalue weighted by molar-refractivity contribution is 5.92. The molecule has 1 amide bonds. The van der Waals surface area contributed by atoms with Crippen molar-refractivity contribution in [3.05, 3.63) is 65.5 Å². The number of amides is 1. The van der Waals surface area contributed by atoms with Crippen LogP contribution in [0.25, 0.3) is 0 Å². The molecule has 1 unspecified atom stereocenters. The Morgan fingerprint density at radius 3 is 2.52 bits per heavy atom. The molecule has 106 valence electrons. The van der Waals surface area contributed by atoms with Gasteiger partial charge in [0.15, 0.2) is 0 Å². The zero-order valence-corrected chi connectivity index (χ0v) is 12.2. The third kappa shape index (κ3) is 3.26. The highest BCUT2D eigenvalue weighted by Crippen LogP contribution is 2.22. The second kappa shape index (κ2) is 6.67. The van der Waals surface area contributed by atoms with E-state index in [1.54, 1.807) is 41.4 Å². The fourth-order valence-corrected chi connectivity index (χ4v) is 2.25. The van der Waals surface area contributed by atoms with Crippen LogP contribution in [0.15, 0.2) is 48.7 Å². The van der Waals surface area contributed by atoms with Gasteiger partial charge in [0.25, 0.3) is 5.91 Å². The maximum absolute atomic E-state index is 12.5. The van der Waals surface area contributed by atoms with Crippen LogP contribution in [0.4, 0.5) is 0 Å². The fourth-order valence-electron chi connectivity index (χ4n) is 2.25. The van der Waals surface area contributed by atoms with Gasteiger partial charge in [-0.05, 0) is 43.7 Å². The van der Waals surface area contributed by atoms with Crippen LogP contribution < -0.4 is 0 Å². The number of aromatic nitrogens is 1. The van der Waals surface area contributed by atoms with Crippen molar-refractivity contribution in [1.29, 1.82) is 5.26 Å². The third-order valence-electron chi connectivity index (χ3n) is 3.48. The second-order valence-electron chi connectivity index (χ2n) is 4.72. The lowest BCUT2D eigenvalue weighted by Crippen LogP contribution is -2.33. The van der Waals surface area contributed by atoms with Gasteiger partial charge in [0.2, 0.25) is 0 Å². The standard InChI is InChI=1S/C17H17N3O/c1-3-20(17(21)16-6-4-5-11-19-16)13(2)15-9-7-14(12-18)8-10-15/h4-11,13H,3H2,1-2H3. The van der Waals surface area contributed by atoms with Crippen LogP contribution in [0.3, 0.4) is 0 Å². The van der Waals surface area contributed by atoms with Gasteiger partial charge >= 0.3 is 0 Å². The Morgan fingerprint density at radius 2 is 2.00 bits per heavy atom. The lowest BCUT2D eigenvalue weighted by atomic mass is 10.0. The summed E-state index contributed by atoms with van der Waals surface area (Å²) in [4.78, 5) is 18.4. The van der Waals surface area contributed by atoms with Crippen LogP contribution in [0.2, 0.25) is 0 Å². The third-order valence-corrected chi connectivity index (χ3v) is 3.48. The van der Waals surface area contributed by atoms with Crippen molar-refractivity contribution in [1.82, 2.24) is 9.88 Å². The van der Waals surface area contributed by atoms with Crippen molar-refractivity contribution < 1.29 is 4.79 Å². The molecular formula is C17H17N3O. The van der Waals surface area contributed by atoms with Gasteiger partial charge in [-0.1, -0.05) is 18.2 Å². The number of hydrogen-bond donors (Lipinski definition) is 0. The van der Waals surface area contributed by atoms with E-state index in [-0.39, 0.29) is 11.9 Å². The Balaban J connectivity index is 2.24. The van der Waals surface area contributed by atoms with Crippen LogP contribution in [0.5, 0.6) is 0 Å². The molecule has 0 bridgehead atoms. The quantitative estimate of drug-likeness (QED) is 0.863. The molecule has 2 rings (SSSR count). The molecule has 0 aliphatic heterocycles. The second-order valence-corrected chi connectivity index (χ2v) is 4.72.